The third-order valence-electron chi connectivity index (χ3n) is 4.49. The van der Waals surface area contributed by atoms with Crippen LogP contribution in [0.5, 0.6) is 0 Å². The van der Waals surface area contributed by atoms with Crippen molar-refractivity contribution in [3.05, 3.63) is 35.4 Å². The molecule has 2 fully saturated rings. The summed E-state index contributed by atoms with van der Waals surface area (Å²) in [5.74, 6) is 0.731. The maximum Gasteiger partial charge on any atom is 0.0527 e. The van der Waals surface area contributed by atoms with Crippen LogP contribution < -0.4 is 5.32 Å². The van der Waals surface area contributed by atoms with E-state index in [0.29, 0.717) is 6.61 Å². The van der Waals surface area contributed by atoms with Crippen molar-refractivity contribution in [1.82, 2.24) is 5.32 Å². The van der Waals surface area contributed by atoms with Crippen LogP contribution in [-0.2, 0) is 5.41 Å². The molecule has 1 aromatic rings. The van der Waals surface area contributed by atoms with Gasteiger partial charge in [0.05, 0.1) is 6.61 Å². The van der Waals surface area contributed by atoms with E-state index >= 15 is 0 Å². The molecular weight excluding hydrogens is 210 g/mol. The first kappa shape index (κ1) is 11.2. The van der Waals surface area contributed by atoms with Gasteiger partial charge in [-0.1, -0.05) is 24.3 Å². The standard InChI is InChI=1S/C15H21NO/c17-11-15(7-8-15)14-3-1-12(2-4-14)13-5-9-16-10-6-13/h1-4,13,16-17H,5-11H2. The van der Waals surface area contributed by atoms with E-state index in [-0.39, 0.29) is 5.41 Å². The van der Waals surface area contributed by atoms with Gasteiger partial charge in [0, 0.05) is 5.41 Å². The molecule has 0 aromatic heterocycles. The van der Waals surface area contributed by atoms with E-state index in [1.54, 1.807) is 0 Å². The van der Waals surface area contributed by atoms with Crippen LogP contribution in [0, 0.1) is 0 Å². The van der Waals surface area contributed by atoms with Crippen molar-refractivity contribution in [2.75, 3.05) is 19.7 Å². The van der Waals surface area contributed by atoms with Gasteiger partial charge in [0.1, 0.15) is 0 Å². The molecule has 1 aliphatic carbocycles. The lowest BCUT2D eigenvalue weighted by Gasteiger charge is -2.23. The van der Waals surface area contributed by atoms with Crippen LogP contribution in [-0.4, -0.2) is 24.8 Å². The molecule has 1 saturated carbocycles. The quantitative estimate of drug-likeness (QED) is 0.835. The van der Waals surface area contributed by atoms with Crippen molar-refractivity contribution in [3.8, 4) is 0 Å². The molecule has 2 heteroatoms. The zero-order chi connectivity index (χ0) is 11.7. The van der Waals surface area contributed by atoms with E-state index in [0.717, 1.165) is 31.8 Å². The smallest absolute Gasteiger partial charge is 0.0527 e. The Hall–Kier alpha value is -0.860. The van der Waals surface area contributed by atoms with Crippen molar-refractivity contribution in [3.63, 3.8) is 0 Å². The van der Waals surface area contributed by atoms with E-state index in [1.807, 2.05) is 0 Å². The third kappa shape index (κ3) is 2.12. The molecule has 1 heterocycles. The summed E-state index contributed by atoms with van der Waals surface area (Å²) < 4.78 is 0. The first-order chi connectivity index (χ1) is 8.34. The highest BCUT2D eigenvalue weighted by Gasteiger charge is 2.43. The maximum absolute atomic E-state index is 9.42. The van der Waals surface area contributed by atoms with E-state index in [2.05, 4.69) is 29.6 Å². The van der Waals surface area contributed by atoms with E-state index in [1.165, 1.54) is 24.0 Å². The lowest BCUT2D eigenvalue weighted by atomic mass is 9.88. The maximum atomic E-state index is 9.42. The van der Waals surface area contributed by atoms with Crippen molar-refractivity contribution in [2.24, 2.45) is 0 Å². The molecule has 0 bridgehead atoms. The Kier molecular flexibility index (Phi) is 2.93. The molecule has 2 aliphatic rings. The summed E-state index contributed by atoms with van der Waals surface area (Å²) in [5.41, 5.74) is 2.92. The number of rotatable bonds is 3. The topological polar surface area (TPSA) is 32.3 Å². The molecule has 3 rings (SSSR count). The Labute approximate surface area is 103 Å². The first-order valence-electron chi connectivity index (χ1n) is 6.76. The summed E-state index contributed by atoms with van der Waals surface area (Å²) in [5, 5.41) is 12.8. The minimum Gasteiger partial charge on any atom is -0.395 e. The number of hydrogen-bond donors (Lipinski definition) is 2. The Bertz CT molecular complexity index is 374. The monoisotopic (exact) mass is 231 g/mol. The molecule has 0 atom stereocenters. The van der Waals surface area contributed by atoms with Crippen LogP contribution in [0.15, 0.2) is 24.3 Å². The Morgan fingerprint density at radius 2 is 1.76 bits per heavy atom. The van der Waals surface area contributed by atoms with Crippen LogP contribution in [0.25, 0.3) is 0 Å². The van der Waals surface area contributed by atoms with Crippen molar-refractivity contribution < 1.29 is 5.11 Å². The Balaban J connectivity index is 1.75. The molecule has 1 aromatic carbocycles. The second-order valence-electron chi connectivity index (χ2n) is 5.58. The largest absolute Gasteiger partial charge is 0.395 e. The van der Waals surface area contributed by atoms with Gasteiger partial charge in [-0.3, -0.25) is 0 Å². The molecule has 0 spiro atoms. The number of hydrogen-bond acceptors (Lipinski definition) is 2. The number of aliphatic hydroxyl groups excluding tert-OH is 1. The van der Waals surface area contributed by atoms with Gasteiger partial charge in [-0.15, -0.1) is 0 Å². The minimum absolute atomic E-state index is 0.118. The summed E-state index contributed by atoms with van der Waals surface area (Å²) in [4.78, 5) is 0. The van der Waals surface area contributed by atoms with E-state index in [4.69, 9.17) is 0 Å². The fourth-order valence-electron chi connectivity index (χ4n) is 2.95. The summed E-state index contributed by atoms with van der Waals surface area (Å²) in [6.07, 6.45) is 4.81. The minimum atomic E-state index is 0.118. The zero-order valence-electron chi connectivity index (χ0n) is 10.3. The van der Waals surface area contributed by atoms with Crippen molar-refractivity contribution >= 4 is 0 Å². The van der Waals surface area contributed by atoms with Gasteiger partial charge in [0.2, 0.25) is 0 Å². The van der Waals surface area contributed by atoms with Crippen molar-refractivity contribution in [1.29, 1.82) is 0 Å². The number of nitrogens with one attached hydrogen (secondary N) is 1. The molecule has 1 saturated heterocycles. The predicted molar refractivity (Wildman–Crippen MR) is 69.3 cm³/mol. The average molecular weight is 231 g/mol. The van der Waals surface area contributed by atoms with Crippen LogP contribution in [0.1, 0.15) is 42.7 Å². The average Bonchev–Trinajstić information content (AvgIpc) is 3.21. The lowest BCUT2D eigenvalue weighted by Crippen LogP contribution is -2.26. The molecule has 2 N–H and O–H groups in total. The Morgan fingerprint density at radius 3 is 2.29 bits per heavy atom. The molecule has 1 aliphatic heterocycles. The molecule has 0 unspecified atom stereocenters. The van der Waals surface area contributed by atoms with Gasteiger partial charge in [0.15, 0.2) is 0 Å². The molecule has 0 amide bonds. The molecule has 2 nitrogen and oxygen atoms in total. The van der Waals surface area contributed by atoms with Crippen LogP contribution in [0.2, 0.25) is 0 Å². The van der Waals surface area contributed by atoms with Gasteiger partial charge < -0.3 is 10.4 Å². The second-order valence-corrected chi connectivity index (χ2v) is 5.58. The molecular formula is C15H21NO. The third-order valence-corrected chi connectivity index (χ3v) is 4.49. The predicted octanol–water partition coefficient (Wildman–Crippen LogP) is 2.18. The summed E-state index contributed by atoms with van der Waals surface area (Å²) in [6.45, 7) is 2.60. The fourth-order valence-corrected chi connectivity index (χ4v) is 2.95. The summed E-state index contributed by atoms with van der Waals surface area (Å²) in [6, 6.07) is 9.03. The van der Waals surface area contributed by atoms with Crippen LogP contribution in [0.3, 0.4) is 0 Å². The van der Waals surface area contributed by atoms with Gasteiger partial charge in [-0.2, -0.15) is 0 Å². The fraction of sp³-hybridized carbons (Fsp3) is 0.600. The van der Waals surface area contributed by atoms with E-state index in [9.17, 15) is 5.11 Å². The second kappa shape index (κ2) is 4.43. The first-order valence-corrected chi connectivity index (χ1v) is 6.76. The number of benzene rings is 1. The Morgan fingerprint density at radius 1 is 1.12 bits per heavy atom. The lowest BCUT2D eigenvalue weighted by molar-refractivity contribution is 0.255. The van der Waals surface area contributed by atoms with Gasteiger partial charge in [0.25, 0.3) is 0 Å². The van der Waals surface area contributed by atoms with Crippen molar-refractivity contribution in [2.45, 2.75) is 37.0 Å². The summed E-state index contributed by atoms with van der Waals surface area (Å²) >= 11 is 0. The molecule has 0 radical (unpaired) electrons. The number of piperidine rings is 1. The van der Waals surface area contributed by atoms with Gasteiger partial charge in [-0.25, -0.2) is 0 Å². The normalized spacial score (nSPS) is 23.6. The van der Waals surface area contributed by atoms with E-state index < -0.39 is 0 Å². The van der Waals surface area contributed by atoms with Crippen LogP contribution in [0.4, 0.5) is 0 Å². The van der Waals surface area contributed by atoms with Gasteiger partial charge >= 0.3 is 0 Å². The SMILES string of the molecule is OCC1(c2ccc(C3CCNCC3)cc2)CC1. The summed E-state index contributed by atoms with van der Waals surface area (Å²) in [7, 11) is 0. The molecule has 92 valence electrons. The zero-order valence-corrected chi connectivity index (χ0v) is 10.3. The molecule has 17 heavy (non-hydrogen) atoms. The highest BCUT2D eigenvalue weighted by Crippen LogP contribution is 2.47. The van der Waals surface area contributed by atoms with Crippen LogP contribution >= 0.6 is 0 Å². The highest BCUT2D eigenvalue weighted by molar-refractivity contribution is 5.35. The number of aliphatic hydroxyl groups is 1. The highest BCUT2D eigenvalue weighted by atomic mass is 16.3. The van der Waals surface area contributed by atoms with Gasteiger partial charge in [-0.05, 0) is 55.8 Å².